The molecule has 0 saturated carbocycles. The molecule has 0 aromatic rings. The molecule has 0 amide bonds. The first-order valence-corrected chi connectivity index (χ1v) is 16.2. The highest BCUT2D eigenvalue weighted by Crippen LogP contribution is 2.36. The van der Waals surface area contributed by atoms with Gasteiger partial charge in [0, 0.05) is 6.61 Å². The number of hydrogen-bond donors (Lipinski definition) is 1. The monoisotopic (exact) mass is 452 g/mol. The Hall–Kier alpha value is -0.383. The van der Waals surface area contributed by atoms with Crippen LogP contribution in [0.25, 0.3) is 0 Å². The highest BCUT2D eigenvalue weighted by atomic mass is 28.4. The predicted octanol–water partition coefficient (Wildman–Crippen LogP) is 9.35. The molecule has 0 fully saturated rings. The molecule has 1 unspecified atom stereocenters. The Morgan fingerprint density at radius 2 is 1.26 bits per heavy atom. The summed E-state index contributed by atoms with van der Waals surface area (Å²) < 4.78 is 6.20. The molecule has 0 rings (SSSR count). The van der Waals surface area contributed by atoms with E-state index in [1.54, 1.807) is 0 Å². The topological polar surface area (TPSA) is 29.5 Å². The Labute approximate surface area is 197 Å². The number of rotatable bonds is 20. The minimum absolute atomic E-state index is 0.145. The van der Waals surface area contributed by atoms with Crippen molar-refractivity contribution in [2.45, 2.75) is 148 Å². The summed E-state index contributed by atoms with van der Waals surface area (Å²) in [5, 5.41) is 10.5. The zero-order valence-electron chi connectivity index (χ0n) is 22.1. The largest absolute Gasteiger partial charge is 0.417 e. The van der Waals surface area contributed by atoms with Crippen LogP contribution >= 0.6 is 0 Å². The molecule has 0 saturated heterocycles. The molecule has 0 aliphatic rings. The third kappa shape index (κ3) is 18.9. The fourth-order valence-corrected chi connectivity index (χ4v) is 4.46. The normalized spacial score (nSPS) is 14.2. The van der Waals surface area contributed by atoms with Crippen molar-refractivity contribution < 1.29 is 9.53 Å². The Balaban J connectivity index is 3.44. The van der Waals surface area contributed by atoms with E-state index in [1.807, 2.05) is 0 Å². The average Bonchev–Trinajstić information content (AvgIpc) is 2.70. The van der Waals surface area contributed by atoms with E-state index in [2.05, 4.69) is 65.1 Å². The van der Waals surface area contributed by atoms with Crippen molar-refractivity contribution in [3.8, 4) is 0 Å². The Morgan fingerprint density at radius 3 is 1.84 bits per heavy atom. The molecule has 1 N–H and O–H groups in total. The van der Waals surface area contributed by atoms with E-state index in [-0.39, 0.29) is 11.1 Å². The maximum atomic E-state index is 10.2. The van der Waals surface area contributed by atoms with Crippen LogP contribution in [0.1, 0.15) is 124 Å². The van der Waals surface area contributed by atoms with Gasteiger partial charge in [0.15, 0.2) is 8.32 Å². The molecule has 0 aliphatic heterocycles. The number of allylic oxidation sites excluding steroid dienone is 4. The molecule has 0 spiro atoms. The summed E-state index contributed by atoms with van der Waals surface area (Å²) in [5.41, 5.74) is 0. The summed E-state index contributed by atoms with van der Waals surface area (Å²) >= 11 is 0. The van der Waals surface area contributed by atoms with Gasteiger partial charge < -0.3 is 9.53 Å². The lowest BCUT2D eigenvalue weighted by molar-refractivity contribution is 0.138. The van der Waals surface area contributed by atoms with E-state index in [0.717, 1.165) is 38.7 Å². The van der Waals surface area contributed by atoms with E-state index < -0.39 is 8.32 Å². The molecule has 0 radical (unpaired) electrons. The van der Waals surface area contributed by atoms with E-state index in [0.29, 0.717) is 0 Å². The van der Waals surface area contributed by atoms with E-state index >= 15 is 0 Å². The number of aliphatic hydroxyl groups is 1. The molecule has 0 aromatic carbocycles. The summed E-state index contributed by atoms with van der Waals surface area (Å²) in [6.07, 6.45) is 27.3. The molecule has 3 heteroatoms. The van der Waals surface area contributed by atoms with Gasteiger partial charge in [0.1, 0.15) is 0 Å². The second-order valence-corrected chi connectivity index (χ2v) is 15.6. The van der Waals surface area contributed by atoms with Crippen molar-refractivity contribution in [2.75, 3.05) is 6.61 Å². The van der Waals surface area contributed by atoms with Gasteiger partial charge >= 0.3 is 0 Å². The Bertz CT molecular complexity index is 448. The molecular formula is C28H56O2Si. The molecule has 0 heterocycles. The van der Waals surface area contributed by atoms with Crippen molar-refractivity contribution in [1.29, 1.82) is 0 Å². The van der Waals surface area contributed by atoms with Gasteiger partial charge in [-0.1, -0.05) is 96.9 Å². The van der Waals surface area contributed by atoms with Crippen molar-refractivity contribution in [2.24, 2.45) is 0 Å². The Kier molecular flexibility index (Phi) is 18.9. The number of aliphatic hydroxyl groups excluding tert-OH is 1. The number of unbranched alkanes of at least 4 members (excludes halogenated alkanes) is 9. The molecule has 0 bridgehead atoms. The zero-order chi connectivity index (χ0) is 23.4. The van der Waals surface area contributed by atoms with Gasteiger partial charge in [-0.3, -0.25) is 0 Å². The van der Waals surface area contributed by atoms with Crippen LogP contribution in [-0.4, -0.2) is 26.1 Å². The fraction of sp³-hybridized carbons (Fsp3) is 0.857. The van der Waals surface area contributed by atoms with Crippen molar-refractivity contribution in [3.05, 3.63) is 24.3 Å². The molecule has 0 aromatic heterocycles. The predicted molar refractivity (Wildman–Crippen MR) is 142 cm³/mol. The smallest absolute Gasteiger partial charge is 0.191 e. The van der Waals surface area contributed by atoms with Crippen LogP contribution in [0.3, 0.4) is 0 Å². The molecule has 31 heavy (non-hydrogen) atoms. The zero-order valence-corrected chi connectivity index (χ0v) is 23.1. The molecule has 184 valence electrons. The van der Waals surface area contributed by atoms with E-state index in [9.17, 15) is 5.11 Å². The van der Waals surface area contributed by atoms with Gasteiger partial charge in [-0.05, 0) is 69.5 Å². The van der Waals surface area contributed by atoms with Gasteiger partial charge in [0.05, 0.1) is 6.10 Å². The standard InChI is InChI=1S/C28H56O2Si/c1-7-8-9-10-11-12-13-14-15-16-17-18-19-20-21-22-24-27(29)25-23-26-30-31(5,6)28(2,3)4/h11-12,14-15,27,29H,7-10,13,16-26H2,1-6H3/b12-11-,15-14-. The first kappa shape index (κ1) is 30.6. The maximum Gasteiger partial charge on any atom is 0.191 e. The lowest BCUT2D eigenvalue weighted by Crippen LogP contribution is -2.41. The maximum absolute atomic E-state index is 10.2. The minimum Gasteiger partial charge on any atom is -0.417 e. The van der Waals surface area contributed by atoms with Gasteiger partial charge in [-0.15, -0.1) is 0 Å². The van der Waals surface area contributed by atoms with Gasteiger partial charge in [0.2, 0.25) is 0 Å². The van der Waals surface area contributed by atoms with Crippen LogP contribution in [0.2, 0.25) is 18.1 Å². The third-order valence-electron chi connectivity index (χ3n) is 6.69. The van der Waals surface area contributed by atoms with E-state index in [1.165, 1.54) is 64.2 Å². The second-order valence-electron chi connectivity index (χ2n) is 10.8. The average molecular weight is 453 g/mol. The van der Waals surface area contributed by atoms with Crippen LogP contribution in [0, 0.1) is 0 Å². The Morgan fingerprint density at radius 1 is 0.742 bits per heavy atom. The first-order valence-electron chi connectivity index (χ1n) is 13.3. The van der Waals surface area contributed by atoms with Crippen molar-refractivity contribution in [1.82, 2.24) is 0 Å². The lowest BCUT2D eigenvalue weighted by Gasteiger charge is -2.36. The summed E-state index contributed by atoms with van der Waals surface area (Å²) in [6, 6.07) is 0. The highest BCUT2D eigenvalue weighted by molar-refractivity contribution is 6.74. The second kappa shape index (κ2) is 19.1. The molecular weight excluding hydrogens is 396 g/mol. The van der Waals surface area contributed by atoms with E-state index in [4.69, 9.17) is 4.43 Å². The summed E-state index contributed by atoms with van der Waals surface area (Å²) in [5.74, 6) is 0. The van der Waals surface area contributed by atoms with Gasteiger partial charge in [-0.2, -0.15) is 0 Å². The summed E-state index contributed by atoms with van der Waals surface area (Å²) in [6.45, 7) is 14.5. The number of hydrogen-bond acceptors (Lipinski definition) is 2. The summed E-state index contributed by atoms with van der Waals surface area (Å²) in [7, 11) is -1.63. The van der Waals surface area contributed by atoms with Crippen LogP contribution < -0.4 is 0 Å². The minimum atomic E-state index is -1.63. The molecule has 2 nitrogen and oxygen atoms in total. The van der Waals surface area contributed by atoms with Crippen LogP contribution in [0.15, 0.2) is 24.3 Å². The lowest BCUT2D eigenvalue weighted by atomic mass is 10.0. The van der Waals surface area contributed by atoms with Gasteiger partial charge in [0.25, 0.3) is 0 Å². The quantitative estimate of drug-likeness (QED) is 0.113. The SMILES string of the molecule is CCCCC/C=C\C/C=C\CCCCCCCCC(O)CCCO[Si](C)(C)C(C)(C)C. The van der Waals surface area contributed by atoms with Crippen LogP contribution in [0.5, 0.6) is 0 Å². The van der Waals surface area contributed by atoms with Crippen LogP contribution in [0.4, 0.5) is 0 Å². The third-order valence-corrected chi connectivity index (χ3v) is 11.2. The summed E-state index contributed by atoms with van der Waals surface area (Å²) in [4.78, 5) is 0. The van der Waals surface area contributed by atoms with Gasteiger partial charge in [-0.25, -0.2) is 0 Å². The van der Waals surface area contributed by atoms with Crippen LogP contribution in [-0.2, 0) is 4.43 Å². The highest BCUT2D eigenvalue weighted by Gasteiger charge is 2.36. The van der Waals surface area contributed by atoms with Crippen molar-refractivity contribution >= 4 is 8.32 Å². The molecule has 1 atom stereocenters. The first-order chi connectivity index (χ1) is 14.7. The fourth-order valence-electron chi connectivity index (χ4n) is 3.38. The molecule has 0 aliphatic carbocycles. The van der Waals surface area contributed by atoms with Crippen molar-refractivity contribution in [3.63, 3.8) is 0 Å².